The summed E-state index contributed by atoms with van der Waals surface area (Å²) in [7, 11) is 0. The van der Waals surface area contributed by atoms with E-state index >= 15 is 0 Å². The Morgan fingerprint density at radius 2 is 1.71 bits per heavy atom. The lowest BCUT2D eigenvalue weighted by Crippen LogP contribution is -1.79. The number of hydrogen-bond acceptors (Lipinski definition) is 1. The Hall–Kier alpha value is -0.560. The molecule has 0 saturated carbocycles. The predicted molar refractivity (Wildman–Crippen MR) is 80.6 cm³/mol. The molecule has 0 aliphatic carbocycles. The fraction of sp³-hybridized carbons (Fsp3) is 0.625. The minimum atomic E-state index is 1.24. The number of rotatable bonds is 10. The van der Waals surface area contributed by atoms with Crippen LogP contribution in [0.25, 0.3) is 6.08 Å². The average Bonchev–Trinajstić information content (AvgIpc) is 2.85. The first-order valence-corrected chi connectivity index (χ1v) is 8.01. The van der Waals surface area contributed by atoms with Gasteiger partial charge in [0.15, 0.2) is 0 Å². The molecule has 96 valence electrons. The van der Waals surface area contributed by atoms with Crippen molar-refractivity contribution in [2.75, 3.05) is 0 Å². The zero-order chi connectivity index (χ0) is 12.2. The van der Waals surface area contributed by atoms with Gasteiger partial charge in [-0.1, -0.05) is 64.0 Å². The largest absolute Gasteiger partial charge is 0.144 e. The Morgan fingerprint density at radius 1 is 1.00 bits per heavy atom. The molecule has 1 aromatic rings. The summed E-state index contributed by atoms with van der Waals surface area (Å²) < 4.78 is 0. The van der Waals surface area contributed by atoms with Crippen molar-refractivity contribution < 1.29 is 0 Å². The van der Waals surface area contributed by atoms with Crippen LogP contribution in [-0.4, -0.2) is 0 Å². The molecule has 0 unspecified atom stereocenters. The van der Waals surface area contributed by atoms with E-state index in [-0.39, 0.29) is 0 Å². The Morgan fingerprint density at radius 3 is 2.35 bits per heavy atom. The first-order valence-electron chi connectivity index (χ1n) is 7.13. The molecule has 0 atom stereocenters. The zero-order valence-corrected chi connectivity index (χ0v) is 12.0. The molecule has 0 aliphatic rings. The highest BCUT2D eigenvalue weighted by atomic mass is 32.1. The van der Waals surface area contributed by atoms with E-state index in [1.54, 1.807) is 0 Å². The average molecular weight is 250 g/mol. The first-order chi connectivity index (χ1) is 8.43. The molecule has 0 N–H and O–H groups in total. The van der Waals surface area contributed by atoms with Crippen LogP contribution in [0.3, 0.4) is 0 Å². The highest BCUT2D eigenvalue weighted by Gasteiger charge is 1.90. The minimum absolute atomic E-state index is 1.24. The van der Waals surface area contributed by atoms with Crippen LogP contribution in [0, 0.1) is 0 Å². The van der Waals surface area contributed by atoms with Crippen molar-refractivity contribution in [3.05, 3.63) is 28.5 Å². The van der Waals surface area contributed by atoms with Crippen LogP contribution >= 0.6 is 11.3 Å². The molecule has 0 amide bonds. The monoisotopic (exact) mass is 250 g/mol. The van der Waals surface area contributed by atoms with Crippen LogP contribution < -0.4 is 0 Å². The summed E-state index contributed by atoms with van der Waals surface area (Å²) in [5.74, 6) is 0. The molecule has 1 heteroatoms. The maximum absolute atomic E-state index is 2.32. The molecule has 0 aliphatic heterocycles. The van der Waals surface area contributed by atoms with Crippen LogP contribution in [-0.2, 0) is 0 Å². The van der Waals surface area contributed by atoms with E-state index in [1.165, 1.54) is 62.7 Å². The van der Waals surface area contributed by atoms with Crippen LogP contribution in [0.2, 0.25) is 0 Å². The SMILES string of the molecule is CCCCCCCCCC/C=C/c1cccs1. The van der Waals surface area contributed by atoms with Crippen molar-refractivity contribution in [1.29, 1.82) is 0 Å². The summed E-state index contributed by atoms with van der Waals surface area (Å²) in [5.41, 5.74) is 0. The van der Waals surface area contributed by atoms with E-state index in [4.69, 9.17) is 0 Å². The number of thiophene rings is 1. The van der Waals surface area contributed by atoms with Crippen LogP contribution in [0.1, 0.15) is 69.6 Å². The van der Waals surface area contributed by atoms with Gasteiger partial charge in [-0.05, 0) is 30.4 Å². The van der Waals surface area contributed by atoms with Gasteiger partial charge in [0.05, 0.1) is 0 Å². The molecular weight excluding hydrogens is 224 g/mol. The van der Waals surface area contributed by atoms with Gasteiger partial charge in [0, 0.05) is 4.88 Å². The van der Waals surface area contributed by atoms with Gasteiger partial charge < -0.3 is 0 Å². The predicted octanol–water partition coefficient (Wildman–Crippen LogP) is 6.29. The standard InChI is InChI=1S/C16H26S/c1-2-3-4-5-6-7-8-9-10-11-13-16-14-12-15-17-16/h11-15H,2-10H2,1H3/b13-11+. The molecule has 1 rings (SSSR count). The molecule has 0 aromatic carbocycles. The fourth-order valence-electron chi connectivity index (χ4n) is 1.98. The van der Waals surface area contributed by atoms with Crippen molar-refractivity contribution in [2.45, 2.75) is 64.7 Å². The lowest BCUT2D eigenvalue weighted by molar-refractivity contribution is 0.578. The molecular formula is C16H26S. The summed E-state index contributed by atoms with van der Waals surface area (Å²) in [6.07, 6.45) is 17.1. The first kappa shape index (κ1) is 14.5. The number of hydrogen-bond donors (Lipinski definition) is 0. The second-order valence-electron chi connectivity index (χ2n) is 4.68. The molecule has 0 fully saturated rings. The Kier molecular flexibility index (Phi) is 9.03. The molecule has 0 nitrogen and oxygen atoms in total. The van der Waals surface area contributed by atoms with Crippen molar-refractivity contribution in [2.24, 2.45) is 0 Å². The Labute approximate surface area is 111 Å². The Balaban J connectivity index is 1.84. The van der Waals surface area contributed by atoms with E-state index in [2.05, 4.69) is 36.6 Å². The van der Waals surface area contributed by atoms with Gasteiger partial charge in [0.2, 0.25) is 0 Å². The van der Waals surface area contributed by atoms with E-state index in [0.717, 1.165) is 0 Å². The van der Waals surface area contributed by atoms with E-state index in [1.807, 2.05) is 11.3 Å². The van der Waals surface area contributed by atoms with Crippen molar-refractivity contribution in [3.63, 3.8) is 0 Å². The molecule has 0 spiro atoms. The highest BCUT2D eigenvalue weighted by molar-refractivity contribution is 7.10. The Bertz CT molecular complexity index is 272. The summed E-state index contributed by atoms with van der Waals surface area (Å²) >= 11 is 1.82. The second-order valence-corrected chi connectivity index (χ2v) is 5.66. The van der Waals surface area contributed by atoms with Gasteiger partial charge in [-0.15, -0.1) is 11.3 Å². The maximum atomic E-state index is 2.32. The van der Waals surface area contributed by atoms with Gasteiger partial charge in [-0.2, -0.15) is 0 Å². The third kappa shape index (κ3) is 8.20. The third-order valence-corrected chi connectivity index (χ3v) is 3.89. The summed E-state index contributed by atoms with van der Waals surface area (Å²) in [5, 5.41) is 2.13. The fourth-order valence-corrected chi connectivity index (χ4v) is 2.63. The van der Waals surface area contributed by atoms with Gasteiger partial charge in [0.1, 0.15) is 0 Å². The van der Waals surface area contributed by atoms with Gasteiger partial charge >= 0.3 is 0 Å². The van der Waals surface area contributed by atoms with E-state index < -0.39 is 0 Å². The lowest BCUT2D eigenvalue weighted by atomic mass is 10.1. The summed E-state index contributed by atoms with van der Waals surface area (Å²) in [6, 6.07) is 4.29. The van der Waals surface area contributed by atoms with Gasteiger partial charge in [0.25, 0.3) is 0 Å². The number of allylic oxidation sites excluding steroid dienone is 1. The molecule has 0 bridgehead atoms. The normalized spacial score (nSPS) is 11.4. The maximum Gasteiger partial charge on any atom is 0.0267 e. The molecule has 0 radical (unpaired) electrons. The van der Waals surface area contributed by atoms with Crippen LogP contribution in [0.15, 0.2) is 23.6 Å². The van der Waals surface area contributed by atoms with Crippen LogP contribution in [0.5, 0.6) is 0 Å². The van der Waals surface area contributed by atoms with Crippen LogP contribution in [0.4, 0.5) is 0 Å². The van der Waals surface area contributed by atoms with Crippen molar-refractivity contribution in [1.82, 2.24) is 0 Å². The third-order valence-electron chi connectivity index (χ3n) is 3.05. The summed E-state index contributed by atoms with van der Waals surface area (Å²) in [4.78, 5) is 1.38. The molecule has 1 aromatic heterocycles. The molecule has 0 saturated heterocycles. The second kappa shape index (κ2) is 10.6. The highest BCUT2D eigenvalue weighted by Crippen LogP contribution is 2.13. The molecule has 1 heterocycles. The lowest BCUT2D eigenvalue weighted by Gasteiger charge is -1.99. The van der Waals surface area contributed by atoms with Gasteiger partial charge in [-0.3, -0.25) is 0 Å². The van der Waals surface area contributed by atoms with E-state index in [9.17, 15) is 0 Å². The van der Waals surface area contributed by atoms with Crippen molar-refractivity contribution >= 4 is 17.4 Å². The van der Waals surface area contributed by atoms with Crippen molar-refractivity contribution in [3.8, 4) is 0 Å². The smallest absolute Gasteiger partial charge is 0.0267 e. The van der Waals surface area contributed by atoms with E-state index in [0.29, 0.717) is 0 Å². The zero-order valence-electron chi connectivity index (χ0n) is 11.2. The topological polar surface area (TPSA) is 0 Å². The minimum Gasteiger partial charge on any atom is -0.144 e. The summed E-state index contributed by atoms with van der Waals surface area (Å²) in [6.45, 7) is 2.28. The molecule has 17 heavy (non-hydrogen) atoms. The van der Waals surface area contributed by atoms with Gasteiger partial charge in [-0.25, -0.2) is 0 Å². The quantitative estimate of drug-likeness (QED) is 0.428. The number of unbranched alkanes of at least 4 members (excludes halogenated alkanes) is 8.